The van der Waals surface area contributed by atoms with E-state index in [1.54, 1.807) is 0 Å². The van der Waals surface area contributed by atoms with Crippen molar-refractivity contribution >= 4 is 27.5 Å². The zero-order valence-electron chi connectivity index (χ0n) is 17.9. The van der Waals surface area contributed by atoms with Crippen molar-refractivity contribution in [2.75, 3.05) is 30.4 Å². The van der Waals surface area contributed by atoms with Gasteiger partial charge in [0.1, 0.15) is 11.4 Å². The van der Waals surface area contributed by atoms with Crippen LogP contribution in [-0.4, -0.2) is 55.4 Å². The fraction of sp³-hybridized carbons (Fsp3) is 0.474. The lowest BCUT2D eigenvalue weighted by Crippen LogP contribution is -2.57. The molecule has 188 valence electrons. The minimum Gasteiger partial charge on any atom is -0.379 e. The predicted molar refractivity (Wildman–Crippen MR) is 110 cm³/mol. The summed E-state index contributed by atoms with van der Waals surface area (Å²) >= 11 is 0. The first-order valence-electron chi connectivity index (χ1n) is 9.87. The van der Waals surface area contributed by atoms with Crippen LogP contribution in [0.5, 0.6) is 0 Å². The first-order chi connectivity index (χ1) is 15.6. The maximum atomic E-state index is 13.6. The molecule has 0 saturated carbocycles. The maximum absolute atomic E-state index is 13.6. The van der Waals surface area contributed by atoms with Crippen molar-refractivity contribution < 1.29 is 39.9 Å². The molecule has 0 radical (unpaired) electrons. The van der Waals surface area contributed by atoms with Gasteiger partial charge in [0.05, 0.1) is 11.4 Å². The van der Waals surface area contributed by atoms with E-state index >= 15 is 0 Å². The first-order valence-corrected chi connectivity index (χ1v) is 11.4. The lowest BCUT2D eigenvalue weighted by atomic mass is 9.92. The average molecular weight is 513 g/mol. The van der Waals surface area contributed by atoms with Gasteiger partial charge < -0.3 is 15.3 Å². The molecule has 1 aromatic carbocycles. The normalized spacial score (nSPS) is 19.9. The van der Waals surface area contributed by atoms with Gasteiger partial charge in [-0.05, 0) is 50.6 Å². The summed E-state index contributed by atoms with van der Waals surface area (Å²) in [6.45, 7) is 0.231. The van der Waals surface area contributed by atoms with Crippen molar-refractivity contribution in [2.45, 2.75) is 42.6 Å². The highest BCUT2D eigenvalue weighted by Gasteiger charge is 2.56. The SMILES string of the molecule is CNS(=O)(=O)c1ccc(Nc2ncc(C(F)(F)F)c(N3CCCC(O)(C(F)(F)F)C3)n2)c(C)c1. The Labute approximate surface area is 191 Å². The third-order valence-electron chi connectivity index (χ3n) is 5.40. The minimum absolute atomic E-state index is 0.0492. The second-order valence-corrected chi connectivity index (χ2v) is 9.68. The molecule has 15 heteroatoms. The number of nitrogens with zero attached hydrogens (tertiary/aromatic N) is 3. The zero-order chi connectivity index (χ0) is 25.5. The second kappa shape index (κ2) is 8.85. The Morgan fingerprint density at radius 2 is 1.85 bits per heavy atom. The number of hydrogen-bond donors (Lipinski definition) is 3. The monoisotopic (exact) mass is 513 g/mol. The molecular formula is C19H21F6N5O3S. The van der Waals surface area contributed by atoms with Crippen LogP contribution in [0, 0.1) is 6.92 Å². The number of rotatable bonds is 5. The standard InChI is InChI=1S/C19H21F6N5O3S/c1-11-8-12(34(32,33)26-2)4-5-14(11)28-16-27-9-13(18(20,21)22)15(29-16)30-7-3-6-17(31,10-30)19(23,24)25/h4-5,8-9,26,31H,3,6-7,10H2,1-2H3,(H,27,28,29). The number of nitrogens with one attached hydrogen (secondary N) is 2. The van der Waals surface area contributed by atoms with Crippen molar-refractivity contribution in [1.29, 1.82) is 0 Å². The smallest absolute Gasteiger partial charge is 0.379 e. The van der Waals surface area contributed by atoms with E-state index in [1.165, 1.54) is 32.2 Å². The van der Waals surface area contributed by atoms with Crippen molar-refractivity contribution in [3.63, 3.8) is 0 Å². The Bertz CT molecular complexity index is 1170. The molecule has 1 fully saturated rings. The number of β-amino-alcohol motifs (C(OH)–C–C–N with tert-alkyl or cyclic N) is 1. The average Bonchev–Trinajstić information content (AvgIpc) is 2.73. The number of sulfonamides is 1. The largest absolute Gasteiger partial charge is 0.421 e. The molecule has 2 heterocycles. The summed E-state index contributed by atoms with van der Waals surface area (Å²) in [6.07, 6.45) is -10.4. The molecule has 1 aromatic heterocycles. The van der Waals surface area contributed by atoms with E-state index in [9.17, 15) is 39.9 Å². The summed E-state index contributed by atoms with van der Waals surface area (Å²) in [4.78, 5) is 8.12. The number of aryl methyl sites for hydroxylation is 1. The van der Waals surface area contributed by atoms with Gasteiger partial charge in [0, 0.05) is 18.4 Å². The fourth-order valence-corrected chi connectivity index (χ4v) is 4.32. The van der Waals surface area contributed by atoms with Crippen LogP contribution >= 0.6 is 0 Å². The number of aromatic nitrogens is 2. The molecule has 0 amide bonds. The van der Waals surface area contributed by atoms with Gasteiger partial charge in [0.2, 0.25) is 16.0 Å². The van der Waals surface area contributed by atoms with Crippen molar-refractivity contribution in [1.82, 2.24) is 14.7 Å². The molecule has 1 saturated heterocycles. The first kappa shape index (κ1) is 26.0. The van der Waals surface area contributed by atoms with E-state index in [0.717, 1.165) is 4.90 Å². The molecule has 0 bridgehead atoms. The number of piperidine rings is 1. The molecule has 3 N–H and O–H groups in total. The highest BCUT2D eigenvalue weighted by Crippen LogP contribution is 2.41. The summed E-state index contributed by atoms with van der Waals surface area (Å²) < 4.78 is 107. The third-order valence-corrected chi connectivity index (χ3v) is 6.81. The van der Waals surface area contributed by atoms with Crippen LogP contribution in [0.2, 0.25) is 0 Å². The van der Waals surface area contributed by atoms with Gasteiger partial charge in [-0.1, -0.05) is 0 Å². The van der Waals surface area contributed by atoms with Crippen LogP contribution in [0.1, 0.15) is 24.0 Å². The lowest BCUT2D eigenvalue weighted by Gasteiger charge is -2.41. The number of halogens is 6. The molecular weight excluding hydrogens is 492 g/mol. The van der Waals surface area contributed by atoms with Crippen LogP contribution in [-0.2, 0) is 16.2 Å². The Morgan fingerprint density at radius 3 is 2.41 bits per heavy atom. The molecule has 8 nitrogen and oxygen atoms in total. The Kier molecular flexibility index (Phi) is 6.76. The van der Waals surface area contributed by atoms with Gasteiger partial charge in [-0.25, -0.2) is 18.1 Å². The molecule has 3 rings (SSSR count). The van der Waals surface area contributed by atoms with E-state index in [0.29, 0.717) is 11.8 Å². The third kappa shape index (κ3) is 5.20. The highest BCUT2D eigenvalue weighted by atomic mass is 32.2. The van der Waals surface area contributed by atoms with E-state index in [1.807, 2.05) is 0 Å². The van der Waals surface area contributed by atoms with Crippen LogP contribution in [0.25, 0.3) is 0 Å². The van der Waals surface area contributed by atoms with Gasteiger partial charge >= 0.3 is 12.4 Å². The van der Waals surface area contributed by atoms with E-state index in [4.69, 9.17) is 0 Å². The molecule has 1 aliphatic rings. The molecule has 34 heavy (non-hydrogen) atoms. The molecule has 1 unspecified atom stereocenters. The Morgan fingerprint density at radius 1 is 1.18 bits per heavy atom. The summed E-state index contributed by atoms with van der Waals surface area (Å²) in [5.74, 6) is -1.16. The van der Waals surface area contributed by atoms with Crippen LogP contribution in [0.3, 0.4) is 0 Å². The minimum atomic E-state index is -5.04. The summed E-state index contributed by atoms with van der Waals surface area (Å²) in [5, 5.41) is 12.7. The molecule has 1 atom stereocenters. The lowest BCUT2D eigenvalue weighted by molar-refractivity contribution is -0.261. The van der Waals surface area contributed by atoms with Crippen LogP contribution in [0.4, 0.5) is 43.8 Å². The molecule has 0 aliphatic carbocycles. The number of anilines is 3. The van der Waals surface area contributed by atoms with E-state index < -0.39 is 52.3 Å². The fourth-order valence-electron chi connectivity index (χ4n) is 3.50. The van der Waals surface area contributed by atoms with Gasteiger partial charge in [-0.15, -0.1) is 0 Å². The molecule has 2 aromatic rings. The van der Waals surface area contributed by atoms with Crippen LogP contribution < -0.4 is 14.9 Å². The molecule has 0 spiro atoms. The Balaban J connectivity index is 1.99. The quantitative estimate of drug-likeness (QED) is 0.527. The van der Waals surface area contributed by atoms with E-state index in [2.05, 4.69) is 20.0 Å². The summed E-state index contributed by atoms with van der Waals surface area (Å²) in [7, 11) is -2.50. The topological polar surface area (TPSA) is 107 Å². The maximum Gasteiger partial charge on any atom is 0.421 e. The van der Waals surface area contributed by atoms with Gasteiger partial charge in [0.15, 0.2) is 5.60 Å². The summed E-state index contributed by atoms with van der Waals surface area (Å²) in [5.41, 5.74) is -3.87. The number of hydrogen-bond acceptors (Lipinski definition) is 7. The van der Waals surface area contributed by atoms with Crippen molar-refractivity contribution in [3.05, 3.63) is 35.5 Å². The Hall–Kier alpha value is -2.65. The summed E-state index contributed by atoms with van der Waals surface area (Å²) in [6, 6.07) is 3.91. The zero-order valence-corrected chi connectivity index (χ0v) is 18.7. The van der Waals surface area contributed by atoms with Gasteiger partial charge in [-0.2, -0.15) is 31.3 Å². The van der Waals surface area contributed by atoms with Crippen molar-refractivity contribution in [2.24, 2.45) is 0 Å². The highest BCUT2D eigenvalue weighted by molar-refractivity contribution is 7.89. The number of alkyl halides is 6. The van der Waals surface area contributed by atoms with Crippen LogP contribution in [0.15, 0.2) is 29.3 Å². The number of aliphatic hydroxyl groups is 1. The van der Waals surface area contributed by atoms with Crippen molar-refractivity contribution in [3.8, 4) is 0 Å². The molecule has 1 aliphatic heterocycles. The predicted octanol–water partition coefficient (Wildman–Crippen LogP) is 3.35. The van der Waals surface area contributed by atoms with Gasteiger partial charge in [0.25, 0.3) is 0 Å². The van der Waals surface area contributed by atoms with Gasteiger partial charge in [-0.3, -0.25) is 0 Å². The second-order valence-electron chi connectivity index (χ2n) is 7.79. The van der Waals surface area contributed by atoms with E-state index in [-0.39, 0.29) is 29.5 Å². The number of benzene rings is 1.